The lowest BCUT2D eigenvalue weighted by Gasteiger charge is -2.39. The van der Waals surface area contributed by atoms with Gasteiger partial charge in [-0.2, -0.15) is 0 Å². The van der Waals surface area contributed by atoms with E-state index < -0.39 is 0 Å². The maximum absolute atomic E-state index is 12.7. The molecule has 2 heterocycles. The predicted octanol–water partition coefficient (Wildman–Crippen LogP) is 2.54. The predicted molar refractivity (Wildman–Crippen MR) is 106 cm³/mol. The summed E-state index contributed by atoms with van der Waals surface area (Å²) in [7, 11) is 1.89. The van der Waals surface area contributed by atoms with Gasteiger partial charge in [0.25, 0.3) is 0 Å². The first kappa shape index (κ1) is 20.3. The minimum absolute atomic E-state index is 0.131. The summed E-state index contributed by atoms with van der Waals surface area (Å²) in [5.74, 6) is 0.697. The van der Waals surface area contributed by atoms with E-state index in [4.69, 9.17) is 4.74 Å². The lowest BCUT2D eigenvalue weighted by atomic mass is 9.80. The standard InChI is InChI=1S/C22H34N2O3/c1-23(17-22(18-25)9-13-27-14-10-22)21(26)15-19-7-11-24(12-8-19)16-20-5-3-2-4-6-20/h2-6,19,25H,7-18H2,1H3. The summed E-state index contributed by atoms with van der Waals surface area (Å²) in [6, 6.07) is 10.6. The molecule has 5 nitrogen and oxygen atoms in total. The molecule has 0 spiro atoms. The highest BCUT2D eigenvalue weighted by Gasteiger charge is 2.34. The second-order valence-electron chi connectivity index (χ2n) is 8.43. The van der Waals surface area contributed by atoms with Gasteiger partial charge in [-0.25, -0.2) is 0 Å². The minimum Gasteiger partial charge on any atom is -0.396 e. The highest BCUT2D eigenvalue weighted by molar-refractivity contribution is 5.76. The molecule has 1 aromatic carbocycles. The van der Waals surface area contributed by atoms with Crippen LogP contribution in [0.5, 0.6) is 0 Å². The average Bonchev–Trinajstić information content (AvgIpc) is 2.71. The third-order valence-corrected chi connectivity index (χ3v) is 6.31. The van der Waals surface area contributed by atoms with Gasteiger partial charge in [0, 0.05) is 45.2 Å². The molecular formula is C22H34N2O3. The Morgan fingerprint density at radius 3 is 2.52 bits per heavy atom. The first-order valence-electron chi connectivity index (χ1n) is 10.3. The van der Waals surface area contributed by atoms with Crippen LogP contribution in [0.4, 0.5) is 0 Å². The van der Waals surface area contributed by atoms with E-state index in [-0.39, 0.29) is 17.9 Å². The first-order chi connectivity index (χ1) is 13.1. The van der Waals surface area contributed by atoms with Gasteiger partial charge in [0.05, 0.1) is 6.61 Å². The number of aliphatic hydroxyl groups is 1. The summed E-state index contributed by atoms with van der Waals surface area (Å²) < 4.78 is 5.42. The Morgan fingerprint density at radius 2 is 1.89 bits per heavy atom. The maximum atomic E-state index is 12.7. The molecule has 0 saturated carbocycles. The van der Waals surface area contributed by atoms with E-state index >= 15 is 0 Å². The number of carbonyl (C=O) groups is 1. The van der Waals surface area contributed by atoms with E-state index in [1.807, 2.05) is 11.9 Å². The maximum Gasteiger partial charge on any atom is 0.222 e. The number of hydrogen-bond donors (Lipinski definition) is 1. The summed E-state index contributed by atoms with van der Waals surface area (Å²) in [5, 5.41) is 9.84. The van der Waals surface area contributed by atoms with Crippen molar-refractivity contribution in [3.8, 4) is 0 Å². The molecule has 150 valence electrons. The first-order valence-corrected chi connectivity index (χ1v) is 10.3. The fraction of sp³-hybridized carbons (Fsp3) is 0.682. The van der Waals surface area contributed by atoms with Crippen LogP contribution in [0.1, 0.15) is 37.7 Å². The molecule has 0 bridgehead atoms. The number of carbonyl (C=O) groups excluding carboxylic acids is 1. The lowest BCUT2D eigenvalue weighted by molar-refractivity contribution is -0.134. The molecule has 0 unspecified atom stereocenters. The Bertz CT molecular complexity index is 578. The summed E-state index contributed by atoms with van der Waals surface area (Å²) in [5.41, 5.74) is 1.18. The molecule has 2 fully saturated rings. The van der Waals surface area contributed by atoms with E-state index in [1.165, 1.54) is 5.56 Å². The minimum atomic E-state index is -0.179. The molecule has 0 aliphatic carbocycles. The molecule has 0 aromatic heterocycles. The molecule has 2 saturated heterocycles. The van der Waals surface area contributed by atoms with Crippen LogP contribution < -0.4 is 0 Å². The molecular weight excluding hydrogens is 340 g/mol. The van der Waals surface area contributed by atoms with Crippen LogP contribution in [0.3, 0.4) is 0 Å². The number of likely N-dealkylation sites (tertiary alicyclic amines) is 1. The van der Waals surface area contributed by atoms with Crippen LogP contribution in [-0.4, -0.2) is 67.3 Å². The SMILES string of the molecule is CN(CC1(CO)CCOCC1)C(=O)CC1CCN(Cc2ccccc2)CC1. The molecule has 2 aliphatic heterocycles. The number of ether oxygens (including phenoxy) is 1. The number of nitrogens with zero attached hydrogens (tertiary/aromatic N) is 2. The Labute approximate surface area is 163 Å². The summed E-state index contributed by atoms with van der Waals surface area (Å²) in [4.78, 5) is 17.0. The molecule has 0 atom stereocenters. The zero-order valence-electron chi connectivity index (χ0n) is 16.6. The Morgan fingerprint density at radius 1 is 1.22 bits per heavy atom. The van der Waals surface area contributed by atoms with Crippen molar-refractivity contribution in [1.29, 1.82) is 0 Å². The monoisotopic (exact) mass is 374 g/mol. The fourth-order valence-corrected chi connectivity index (χ4v) is 4.36. The zero-order valence-corrected chi connectivity index (χ0v) is 16.6. The van der Waals surface area contributed by atoms with Crippen LogP contribution in [-0.2, 0) is 16.1 Å². The van der Waals surface area contributed by atoms with Crippen LogP contribution in [0.25, 0.3) is 0 Å². The van der Waals surface area contributed by atoms with Gasteiger partial charge >= 0.3 is 0 Å². The van der Waals surface area contributed by atoms with Crippen molar-refractivity contribution in [3.05, 3.63) is 35.9 Å². The molecule has 0 radical (unpaired) electrons. The molecule has 3 rings (SSSR count). The number of benzene rings is 1. The molecule has 5 heteroatoms. The van der Waals surface area contributed by atoms with Crippen molar-refractivity contribution >= 4 is 5.91 Å². The van der Waals surface area contributed by atoms with E-state index in [1.54, 1.807) is 0 Å². The molecule has 1 aromatic rings. The Balaban J connectivity index is 1.42. The third kappa shape index (κ3) is 5.77. The largest absolute Gasteiger partial charge is 0.396 e. The quantitative estimate of drug-likeness (QED) is 0.797. The number of amides is 1. The van der Waals surface area contributed by atoms with Gasteiger partial charge in [-0.05, 0) is 50.3 Å². The zero-order chi connectivity index (χ0) is 19.1. The van der Waals surface area contributed by atoms with Gasteiger partial charge in [-0.15, -0.1) is 0 Å². The van der Waals surface area contributed by atoms with Crippen molar-refractivity contribution in [2.75, 3.05) is 46.5 Å². The topological polar surface area (TPSA) is 53.0 Å². The average molecular weight is 375 g/mol. The number of aliphatic hydroxyl groups excluding tert-OH is 1. The molecule has 27 heavy (non-hydrogen) atoms. The molecule has 2 aliphatic rings. The van der Waals surface area contributed by atoms with E-state index in [0.717, 1.165) is 45.3 Å². The van der Waals surface area contributed by atoms with Crippen LogP contribution >= 0.6 is 0 Å². The third-order valence-electron chi connectivity index (χ3n) is 6.31. The van der Waals surface area contributed by atoms with Gasteiger partial charge in [0.15, 0.2) is 0 Å². The number of piperidine rings is 1. The van der Waals surface area contributed by atoms with Gasteiger partial charge in [-0.3, -0.25) is 9.69 Å². The van der Waals surface area contributed by atoms with Crippen LogP contribution in [0.15, 0.2) is 30.3 Å². The highest BCUT2D eigenvalue weighted by Crippen LogP contribution is 2.31. The normalized spacial score (nSPS) is 21.1. The van der Waals surface area contributed by atoms with Gasteiger partial charge in [0.2, 0.25) is 5.91 Å². The van der Waals surface area contributed by atoms with Crippen LogP contribution in [0.2, 0.25) is 0 Å². The summed E-state index contributed by atoms with van der Waals surface area (Å²) in [6.07, 6.45) is 4.47. The smallest absolute Gasteiger partial charge is 0.222 e. The lowest BCUT2D eigenvalue weighted by Crippen LogP contribution is -2.45. The van der Waals surface area contributed by atoms with Crippen molar-refractivity contribution < 1.29 is 14.6 Å². The van der Waals surface area contributed by atoms with E-state index in [9.17, 15) is 9.90 Å². The molecule has 1 amide bonds. The molecule has 1 N–H and O–H groups in total. The second kappa shape index (κ2) is 9.67. The Hall–Kier alpha value is -1.43. The van der Waals surface area contributed by atoms with Crippen molar-refractivity contribution in [2.24, 2.45) is 11.3 Å². The van der Waals surface area contributed by atoms with Gasteiger partial charge in [0.1, 0.15) is 0 Å². The van der Waals surface area contributed by atoms with Gasteiger partial charge in [-0.1, -0.05) is 30.3 Å². The number of hydrogen-bond acceptors (Lipinski definition) is 4. The number of rotatable bonds is 7. The Kier molecular flexibility index (Phi) is 7.27. The van der Waals surface area contributed by atoms with Gasteiger partial charge < -0.3 is 14.7 Å². The highest BCUT2D eigenvalue weighted by atomic mass is 16.5. The summed E-state index contributed by atoms with van der Waals surface area (Å²) in [6.45, 7) is 5.26. The fourth-order valence-electron chi connectivity index (χ4n) is 4.36. The van der Waals surface area contributed by atoms with Crippen molar-refractivity contribution in [2.45, 2.75) is 38.6 Å². The van der Waals surface area contributed by atoms with Crippen molar-refractivity contribution in [1.82, 2.24) is 9.80 Å². The van der Waals surface area contributed by atoms with E-state index in [2.05, 4.69) is 35.2 Å². The second-order valence-corrected chi connectivity index (χ2v) is 8.43. The summed E-state index contributed by atoms with van der Waals surface area (Å²) >= 11 is 0. The van der Waals surface area contributed by atoms with Crippen molar-refractivity contribution in [3.63, 3.8) is 0 Å². The van der Waals surface area contributed by atoms with Crippen LogP contribution in [0, 0.1) is 11.3 Å². The van der Waals surface area contributed by atoms with E-state index in [0.29, 0.717) is 32.1 Å².